The second-order valence-electron chi connectivity index (χ2n) is 7.22. The first kappa shape index (κ1) is 26.1. The van der Waals surface area contributed by atoms with Crippen LogP contribution in [0.4, 0.5) is 10.5 Å². The van der Waals surface area contributed by atoms with E-state index in [2.05, 4.69) is 5.32 Å². The van der Waals surface area contributed by atoms with Crippen LogP contribution >= 0.6 is 23.4 Å². The van der Waals surface area contributed by atoms with Gasteiger partial charge in [-0.1, -0.05) is 29.8 Å². The van der Waals surface area contributed by atoms with Crippen LogP contribution in [0.25, 0.3) is 6.08 Å². The van der Waals surface area contributed by atoms with Crippen molar-refractivity contribution in [3.05, 3.63) is 58.0 Å². The molecule has 1 saturated heterocycles. The summed E-state index contributed by atoms with van der Waals surface area (Å²) in [5, 5.41) is 2.26. The normalized spacial score (nSPS) is 15.2. The van der Waals surface area contributed by atoms with Crippen molar-refractivity contribution in [2.24, 2.45) is 0 Å². The van der Waals surface area contributed by atoms with Crippen molar-refractivity contribution < 1.29 is 33.4 Å². The van der Waals surface area contributed by atoms with Gasteiger partial charge in [-0.2, -0.15) is 0 Å². The Kier molecular flexibility index (Phi) is 8.78. The molecule has 2 aromatic rings. The summed E-state index contributed by atoms with van der Waals surface area (Å²) in [5.74, 6) is -1.29. The Morgan fingerprint density at radius 3 is 2.57 bits per heavy atom. The molecule has 184 valence electrons. The van der Waals surface area contributed by atoms with E-state index in [9.17, 15) is 19.2 Å². The molecule has 1 aliphatic heterocycles. The summed E-state index contributed by atoms with van der Waals surface area (Å²) in [5.41, 5.74) is 1.09. The van der Waals surface area contributed by atoms with E-state index < -0.39 is 23.2 Å². The van der Waals surface area contributed by atoms with Crippen molar-refractivity contribution in [3.8, 4) is 11.5 Å². The molecule has 0 saturated carbocycles. The van der Waals surface area contributed by atoms with Gasteiger partial charge in [0, 0.05) is 5.69 Å². The minimum atomic E-state index is -1.05. The zero-order chi connectivity index (χ0) is 25.5. The number of methoxy groups -OCH3 is 1. The van der Waals surface area contributed by atoms with Crippen LogP contribution in [0.5, 0.6) is 11.5 Å². The number of halogens is 1. The van der Waals surface area contributed by atoms with Crippen LogP contribution in [0.3, 0.4) is 0 Å². The smallest absolute Gasteiger partial charge is 0.329 e. The van der Waals surface area contributed by atoms with Gasteiger partial charge in [0.1, 0.15) is 6.04 Å². The highest BCUT2D eigenvalue weighted by molar-refractivity contribution is 8.18. The standard InChI is InChI=1S/C24H23ClN2O7S/c1-4-33-23(30)14(2)27-22(29)19(35-24(27)31)12-15-10-17(25)21(18(11-15)32-3)34-13-20(28)26-16-8-6-5-7-9-16/h5-12,14H,4,13H2,1-3H3,(H,26,28)/b19-12+/t14-/m0/s1. The fraction of sp³-hybridized carbons (Fsp3) is 0.250. The molecule has 35 heavy (non-hydrogen) atoms. The van der Waals surface area contributed by atoms with E-state index in [1.54, 1.807) is 37.3 Å². The molecule has 0 aliphatic carbocycles. The van der Waals surface area contributed by atoms with Crippen LogP contribution in [0.1, 0.15) is 19.4 Å². The molecular formula is C24H23ClN2O7S. The number of anilines is 1. The number of nitrogens with zero attached hydrogens (tertiary/aromatic N) is 1. The fourth-order valence-electron chi connectivity index (χ4n) is 3.15. The maximum Gasteiger partial charge on any atom is 0.329 e. The summed E-state index contributed by atoms with van der Waals surface area (Å²) in [6.07, 6.45) is 1.46. The minimum Gasteiger partial charge on any atom is -0.493 e. The Labute approximate surface area is 211 Å². The number of hydrogen-bond donors (Lipinski definition) is 1. The number of esters is 1. The summed E-state index contributed by atoms with van der Waals surface area (Å²) < 4.78 is 15.8. The molecule has 0 spiro atoms. The van der Waals surface area contributed by atoms with Crippen LogP contribution in [-0.2, 0) is 19.1 Å². The highest BCUT2D eigenvalue weighted by Crippen LogP contribution is 2.39. The number of carbonyl (C=O) groups is 4. The molecule has 1 N–H and O–H groups in total. The predicted molar refractivity (Wildman–Crippen MR) is 132 cm³/mol. The van der Waals surface area contributed by atoms with Crippen molar-refractivity contribution in [1.82, 2.24) is 4.90 Å². The van der Waals surface area contributed by atoms with E-state index in [0.717, 1.165) is 4.90 Å². The Balaban J connectivity index is 1.75. The van der Waals surface area contributed by atoms with E-state index in [1.165, 1.54) is 26.2 Å². The SMILES string of the molecule is CCOC(=O)[C@H](C)N1C(=O)S/C(=C/c2cc(Cl)c(OCC(=O)Nc3ccccc3)c(OC)c2)C1=O. The van der Waals surface area contributed by atoms with Crippen LogP contribution in [0.15, 0.2) is 47.4 Å². The largest absolute Gasteiger partial charge is 0.493 e. The lowest BCUT2D eigenvalue weighted by Gasteiger charge is -2.19. The summed E-state index contributed by atoms with van der Waals surface area (Å²) in [4.78, 5) is 50.3. The molecule has 1 aliphatic rings. The number of imide groups is 1. The number of para-hydroxylation sites is 1. The number of amides is 3. The average Bonchev–Trinajstić information content (AvgIpc) is 3.10. The van der Waals surface area contributed by atoms with Crippen LogP contribution in [0, 0.1) is 0 Å². The predicted octanol–water partition coefficient (Wildman–Crippen LogP) is 4.35. The van der Waals surface area contributed by atoms with Gasteiger partial charge in [0.15, 0.2) is 18.1 Å². The molecule has 2 aromatic carbocycles. The maximum atomic E-state index is 12.8. The fourth-order valence-corrected chi connectivity index (χ4v) is 4.33. The minimum absolute atomic E-state index is 0.111. The van der Waals surface area contributed by atoms with E-state index in [1.807, 2.05) is 6.07 Å². The van der Waals surface area contributed by atoms with Gasteiger partial charge in [0.05, 0.1) is 23.6 Å². The number of carbonyl (C=O) groups excluding carboxylic acids is 4. The summed E-state index contributed by atoms with van der Waals surface area (Å²) in [7, 11) is 1.40. The number of thioether (sulfide) groups is 1. The third-order valence-corrected chi connectivity index (χ3v) is 5.96. The molecule has 1 atom stereocenters. The first-order valence-electron chi connectivity index (χ1n) is 10.5. The third kappa shape index (κ3) is 6.34. The molecule has 1 heterocycles. The van der Waals surface area contributed by atoms with Gasteiger partial charge in [-0.05, 0) is 61.5 Å². The lowest BCUT2D eigenvalue weighted by atomic mass is 10.1. The Bertz CT molecular complexity index is 1170. The number of benzene rings is 2. The highest BCUT2D eigenvalue weighted by Gasteiger charge is 2.41. The molecule has 3 amide bonds. The number of rotatable bonds is 9. The van der Waals surface area contributed by atoms with Gasteiger partial charge in [-0.15, -0.1) is 0 Å². The van der Waals surface area contributed by atoms with Crippen molar-refractivity contribution in [1.29, 1.82) is 0 Å². The second kappa shape index (κ2) is 11.8. The molecule has 1 fully saturated rings. The molecule has 11 heteroatoms. The van der Waals surface area contributed by atoms with Gasteiger partial charge in [0.2, 0.25) is 0 Å². The lowest BCUT2D eigenvalue weighted by molar-refractivity contribution is -0.150. The second-order valence-corrected chi connectivity index (χ2v) is 8.62. The van der Waals surface area contributed by atoms with Crippen molar-refractivity contribution in [2.45, 2.75) is 19.9 Å². The van der Waals surface area contributed by atoms with E-state index >= 15 is 0 Å². The van der Waals surface area contributed by atoms with Gasteiger partial charge in [-0.3, -0.25) is 19.3 Å². The molecular weight excluding hydrogens is 496 g/mol. The number of nitrogens with one attached hydrogen (secondary N) is 1. The van der Waals surface area contributed by atoms with Crippen molar-refractivity contribution in [3.63, 3.8) is 0 Å². The van der Waals surface area contributed by atoms with Gasteiger partial charge in [0.25, 0.3) is 17.1 Å². The first-order chi connectivity index (χ1) is 16.7. The monoisotopic (exact) mass is 518 g/mol. The number of ether oxygens (including phenoxy) is 3. The first-order valence-corrected chi connectivity index (χ1v) is 11.7. The molecule has 3 rings (SSSR count). The molecule has 0 bridgehead atoms. The van der Waals surface area contributed by atoms with E-state index in [0.29, 0.717) is 23.0 Å². The Morgan fingerprint density at radius 1 is 1.20 bits per heavy atom. The highest BCUT2D eigenvalue weighted by atomic mass is 35.5. The van der Waals surface area contributed by atoms with E-state index in [4.69, 9.17) is 25.8 Å². The summed E-state index contributed by atoms with van der Waals surface area (Å²) in [6, 6.07) is 10.9. The Hall–Kier alpha value is -3.50. The molecule has 9 nitrogen and oxygen atoms in total. The van der Waals surface area contributed by atoms with E-state index in [-0.39, 0.29) is 40.5 Å². The third-order valence-electron chi connectivity index (χ3n) is 4.79. The van der Waals surface area contributed by atoms with Crippen LogP contribution in [-0.4, -0.2) is 54.3 Å². The summed E-state index contributed by atoms with van der Waals surface area (Å²) in [6.45, 7) is 2.89. The number of hydrogen-bond acceptors (Lipinski definition) is 8. The van der Waals surface area contributed by atoms with Crippen molar-refractivity contribution >= 4 is 58.1 Å². The zero-order valence-corrected chi connectivity index (χ0v) is 20.8. The summed E-state index contributed by atoms with van der Waals surface area (Å²) >= 11 is 7.07. The van der Waals surface area contributed by atoms with Gasteiger partial charge < -0.3 is 19.5 Å². The lowest BCUT2D eigenvalue weighted by Crippen LogP contribution is -2.42. The zero-order valence-electron chi connectivity index (χ0n) is 19.2. The molecule has 0 unspecified atom stereocenters. The van der Waals surface area contributed by atoms with Crippen LogP contribution in [0.2, 0.25) is 5.02 Å². The Morgan fingerprint density at radius 2 is 1.91 bits per heavy atom. The average molecular weight is 519 g/mol. The molecule has 0 aromatic heterocycles. The molecule has 0 radical (unpaired) electrons. The maximum absolute atomic E-state index is 12.8. The quantitative estimate of drug-likeness (QED) is 0.385. The van der Waals surface area contributed by atoms with Crippen LogP contribution < -0.4 is 14.8 Å². The topological polar surface area (TPSA) is 111 Å². The van der Waals surface area contributed by atoms with Gasteiger partial charge in [-0.25, -0.2) is 4.79 Å². The van der Waals surface area contributed by atoms with Crippen molar-refractivity contribution in [2.75, 3.05) is 25.6 Å². The van der Waals surface area contributed by atoms with Gasteiger partial charge >= 0.3 is 5.97 Å².